The van der Waals surface area contributed by atoms with Gasteiger partial charge in [-0.05, 0) is 44.2 Å². The number of hydrogen-bond donors (Lipinski definition) is 2. The van der Waals surface area contributed by atoms with Crippen molar-refractivity contribution in [1.29, 1.82) is 0 Å². The summed E-state index contributed by atoms with van der Waals surface area (Å²) in [6, 6.07) is 22.0. The van der Waals surface area contributed by atoms with E-state index in [2.05, 4.69) is 58.3 Å². The smallest absolute Gasteiger partial charge is 0.272 e. The first-order valence-corrected chi connectivity index (χ1v) is 10.4. The van der Waals surface area contributed by atoms with Crippen molar-refractivity contribution in [3.05, 3.63) is 90.3 Å². The predicted molar refractivity (Wildman–Crippen MR) is 122 cm³/mol. The van der Waals surface area contributed by atoms with Gasteiger partial charge in [0.25, 0.3) is 5.82 Å². The number of aromatic hydroxyl groups is 1. The van der Waals surface area contributed by atoms with Crippen molar-refractivity contribution in [1.82, 2.24) is 4.98 Å². The number of H-pyrrole nitrogens is 1. The fourth-order valence-electron chi connectivity index (χ4n) is 3.82. The van der Waals surface area contributed by atoms with Crippen molar-refractivity contribution in [2.24, 2.45) is 0 Å². The number of anilines is 2. The van der Waals surface area contributed by atoms with E-state index in [1.807, 2.05) is 48.7 Å². The Bertz CT molecular complexity index is 1110. The molecule has 4 rings (SSSR count). The van der Waals surface area contributed by atoms with Gasteiger partial charge in [0.1, 0.15) is 17.3 Å². The normalized spacial score (nSPS) is 11.9. The fourth-order valence-corrected chi connectivity index (χ4v) is 3.82. The first kappa shape index (κ1) is 19.7. The molecule has 0 saturated heterocycles. The number of pyridine rings is 2. The second-order valence-corrected chi connectivity index (χ2v) is 7.20. The van der Waals surface area contributed by atoms with Crippen LogP contribution < -0.4 is 15.2 Å². The monoisotopic (exact) mass is 399 g/mol. The van der Waals surface area contributed by atoms with E-state index in [9.17, 15) is 5.11 Å². The largest absolute Gasteiger partial charge is 0.505 e. The number of fused-ring (bicyclic) bond motifs is 1. The number of hydrogen-bond acceptors (Lipinski definition) is 4. The van der Waals surface area contributed by atoms with E-state index in [1.54, 1.807) is 6.20 Å². The van der Waals surface area contributed by atoms with Crippen LogP contribution in [0.1, 0.15) is 31.0 Å². The van der Waals surface area contributed by atoms with E-state index >= 15 is 0 Å². The topological polar surface area (TPSA) is 62.5 Å². The van der Waals surface area contributed by atoms with Crippen LogP contribution in [-0.4, -0.2) is 23.2 Å². The average molecular weight is 400 g/mol. The van der Waals surface area contributed by atoms with Crippen LogP contribution in [0.2, 0.25) is 0 Å². The number of nitrogens with zero attached hydrogens (tertiary/aromatic N) is 2. The minimum Gasteiger partial charge on any atom is -0.505 e. The van der Waals surface area contributed by atoms with Gasteiger partial charge in [-0.15, -0.1) is 0 Å². The first-order chi connectivity index (χ1) is 14.7. The SMILES string of the molecule is CCN(CC)c1ccc([C@@H](Nc2cccc[nH+]2)c2ccc3cccnc3c2O)cc1. The van der Waals surface area contributed by atoms with E-state index in [0.717, 1.165) is 35.4 Å². The summed E-state index contributed by atoms with van der Waals surface area (Å²) in [5, 5.41) is 15.5. The van der Waals surface area contributed by atoms with Gasteiger partial charge in [-0.3, -0.25) is 10.3 Å². The highest BCUT2D eigenvalue weighted by Gasteiger charge is 2.24. The van der Waals surface area contributed by atoms with Crippen LogP contribution in [0.15, 0.2) is 79.1 Å². The van der Waals surface area contributed by atoms with Gasteiger partial charge in [0.2, 0.25) is 0 Å². The van der Waals surface area contributed by atoms with Crippen molar-refractivity contribution in [2.45, 2.75) is 19.9 Å². The van der Waals surface area contributed by atoms with E-state index in [0.29, 0.717) is 5.52 Å². The standard InChI is InChI=1S/C25H26N4O/c1-3-29(4-2)20-13-10-19(11-14-20)23(28-22-9-5-6-16-26-22)21-15-12-18-8-7-17-27-24(18)25(21)30/h5-17,23,30H,3-4H2,1-2H3,(H,26,28)/p+1/t23-/m1/s1. The molecule has 2 aromatic heterocycles. The molecule has 0 fully saturated rings. The maximum atomic E-state index is 11.1. The Hall–Kier alpha value is -3.60. The third kappa shape index (κ3) is 3.92. The summed E-state index contributed by atoms with van der Waals surface area (Å²) in [5.74, 6) is 1.07. The number of phenolic OH excluding ortho intramolecular Hbond substituents is 1. The molecule has 2 aromatic carbocycles. The third-order valence-electron chi connectivity index (χ3n) is 5.45. The Morgan fingerprint density at radius 1 is 0.967 bits per heavy atom. The molecule has 0 spiro atoms. The Morgan fingerprint density at radius 2 is 1.77 bits per heavy atom. The van der Waals surface area contributed by atoms with E-state index in [-0.39, 0.29) is 11.8 Å². The molecule has 0 saturated carbocycles. The summed E-state index contributed by atoms with van der Waals surface area (Å²) in [6.45, 7) is 6.25. The van der Waals surface area contributed by atoms with Gasteiger partial charge in [-0.25, -0.2) is 4.98 Å². The Labute approximate surface area is 177 Å². The van der Waals surface area contributed by atoms with Crippen molar-refractivity contribution < 1.29 is 10.1 Å². The molecule has 0 aliphatic heterocycles. The lowest BCUT2D eigenvalue weighted by Gasteiger charge is -2.22. The van der Waals surface area contributed by atoms with Gasteiger partial charge < -0.3 is 10.0 Å². The van der Waals surface area contributed by atoms with Gasteiger partial charge in [-0.1, -0.05) is 30.3 Å². The summed E-state index contributed by atoms with van der Waals surface area (Å²) in [5.41, 5.74) is 3.65. The van der Waals surface area contributed by atoms with Crippen LogP contribution in [0, 0.1) is 0 Å². The van der Waals surface area contributed by atoms with Gasteiger partial charge in [-0.2, -0.15) is 0 Å². The molecule has 0 aliphatic rings. The van der Waals surface area contributed by atoms with Crippen molar-refractivity contribution in [3.8, 4) is 5.75 Å². The molecule has 0 aliphatic carbocycles. The maximum absolute atomic E-state index is 11.1. The third-order valence-corrected chi connectivity index (χ3v) is 5.45. The van der Waals surface area contributed by atoms with Crippen molar-refractivity contribution >= 4 is 22.4 Å². The molecule has 4 aromatic rings. The Balaban J connectivity index is 1.78. The lowest BCUT2D eigenvalue weighted by Crippen LogP contribution is -2.22. The van der Waals surface area contributed by atoms with Crippen LogP contribution in [0.3, 0.4) is 0 Å². The Morgan fingerprint density at radius 3 is 2.47 bits per heavy atom. The molecular formula is C25H27N4O+. The number of aromatic amines is 1. The second kappa shape index (κ2) is 8.82. The second-order valence-electron chi connectivity index (χ2n) is 7.20. The first-order valence-electron chi connectivity index (χ1n) is 10.4. The highest BCUT2D eigenvalue weighted by atomic mass is 16.3. The number of aromatic nitrogens is 2. The van der Waals surface area contributed by atoms with Gasteiger partial charge in [0.15, 0.2) is 0 Å². The van der Waals surface area contributed by atoms with Gasteiger partial charge in [0, 0.05) is 47.6 Å². The number of benzene rings is 2. The summed E-state index contributed by atoms with van der Waals surface area (Å²) in [7, 11) is 0. The van der Waals surface area contributed by atoms with E-state index < -0.39 is 0 Å². The average Bonchev–Trinajstić information content (AvgIpc) is 2.80. The maximum Gasteiger partial charge on any atom is 0.272 e. The van der Waals surface area contributed by atoms with Gasteiger partial charge >= 0.3 is 0 Å². The van der Waals surface area contributed by atoms with Crippen LogP contribution in [0.4, 0.5) is 11.5 Å². The zero-order valence-corrected chi connectivity index (χ0v) is 17.3. The van der Waals surface area contributed by atoms with E-state index in [4.69, 9.17) is 0 Å². The van der Waals surface area contributed by atoms with Crippen LogP contribution in [0.5, 0.6) is 5.75 Å². The Kier molecular flexibility index (Phi) is 5.80. The molecular weight excluding hydrogens is 372 g/mol. The summed E-state index contributed by atoms with van der Waals surface area (Å²) < 4.78 is 0. The lowest BCUT2D eigenvalue weighted by molar-refractivity contribution is -0.361. The van der Waals surface area contributed by atoms with Crippen LogP contribution in [0.25, 0.3) is 10.9 Å². The molecule has 1 atom stereocenters. The molecule has 0 unspecified atom stereocenters. The quantitative estimate of drug-likeness (QED) is 0.468. The summed E-state index contributed by atoms with van der Waals surface area (Å²) in [4.78, 5) is 9.93. The fraction of sp³-hybridized carbons (Fsp3) is 0.200. The zero-order chi connectivity index (χ0) is 20.9. The number of phenols is 1. The van der Waals surface area contributed by atoms with Crippen LogP contribution in [-0.2, 0) is 0 Å². The lowest BCUT2D eigenvalue weighted by atomic mass is 9.96. The number of nitrogens with one attached hydrogen (secondary N) is 2. The highest BCUT2D eigenvalue weighted by Crippen LogP contribution is 2.36. The van der Waals surface area contributed by atoms with Crippen LogP contribution >= 0.6 is 0 Å². The number of rotatable bonds is 7. The minimum atomic E-state index is -0.235. The molecule has 2 heterocycles. The minimum absolute atomic E-state index is 0.203. The highest BCUT2D eigenvalue weighted by molar-refractivity contribution is 5.86. The molecule has 3 N–H and O–H groups in total. The zero-order valence-electron chi connectivity index (χ0n) is 17.3. The summed E-state index contributed by atoms with van der Waals surface area (Å²) in [6.07, 6.45) is 3.59. The molecule has 0 amide bonds. The predicted octanol–water partition coefficient (Wildman–Crippen LogP) is 4.80. The van der Waals surface area contributed by atoms with Gasteiger partial charge in [0.05, 0.1) is 6.20 Å². The molecule has 5 heteroatoms. The van der Waals surface area contributed by atoms with Crippen molar-refractivity contribution in [2.75, 3.05) is 23.3 Å². The molecule has 30 heavy (non-hydrogen) atoms. The molecule has 152 valence electrons. The molecule has 0 radical (unpaired) electrons. The molecule has 5 nitrogen and oxygen atoms in total. The van der Waals surface area contributed by atoms with E-state index in [1.165, 1.54) is 5.69 Å². The summed E-state index contributed by atoms with van der Waals surface area (Å²) >= 11 is 0. The van der Waals surface area contributed by atoms with Crippen molar-refractivity contribution in [3.63, 3.8) is 0 Å². The molecule has 0 bridgehead atoms.